The number of hydrogen-bond acceptors (Lipinski definition) is 6. The summed E-state index contributed by atoms with van der Waals surface area (Å²) < 4.78 is 32.1. The molecule has 0 radical (unpaired) electrons. The molecular formula is C16H16N4O3S. The van der Waals surface area contributed by atoms with Gasteiger partial charge in [-0.3, -0.25) is 4.72 Å². The predicted molar refractivity (Wildman–Crippen MR) is 90.7 cm³/mol. The Morgan fingerprint density at radius 3 is 2.33 bits per heavy atom. The Morgan fingerprint density at radius 2 is 1.75 bits per heavy atom. The molecule has 0 atom stereocenters. The number of sulfonamides is 1. The van der Waals surface area contributed by atoms with Crippen molar-refractivity contribution in [2.45, 2.75) is 18.7 Å². The molecule has 24 heavy (non-hydrogen) atoms. The summed E-state index contributed by atoms with van der Waals surface area (Å²) >= 11 is 0. The molecule has 2 heterocycles. The highest BCUT2D eigenvalue weighted by molar-refractivity contribution is 7.92. The molecule has 3 aromatic rings. The van der Waals surface area contributed by atoms with Crippen molar-refractivity contribution < 1.29 is 12.9 Å². The summed E-state index contributed by atoms with van der Waals surface area (Å²) in [5, 5.41) is 6.76. The molecule has 0 aliphatic heterocycles. The molecule has 0 unspecified atom stereocenters. The zero-order valence-corrected chi connectivity index (χ0v) is 14.0. The highest BCUT2D eigenvalue weighted by Gasteiger charge is 2.14. The van der Waals surface area contributed by atoms with Crippen molar-refractivity contribution >= 4 is 27.3 Å². The first-order chi connectivity index (χ1) is 11.4. The smallest absolute Gasteiger partial charge is 0.261 e. The van der Waals surface area contributed by atoms with E-state index in [-0.39, 0.29) is 4.90 Å². The summed E-state index contributed by atoms with van der Waals surface area (Å²) in [6, 6.07) is 11.6. The van der Waals surface area contributed by atoms with Crippen LogP contribution in [0.1, 0.15) is 11.3 Å². The summed E-state index contributed by atoms with van der Waals surface area (Å²) in [6.07, 6.45) is 1.43. The van der Waals surface area contributed by atoms with Gasteiger partial charge in [-0.15, -0.1) is 0 Å². The number of nitrogens with one attached hydrogen (secondary N) is 2. The lowest BCUT2D eigenvalue weighted by atomic mass is 10.2. The quantitative estimate of drug-likeness (QED) is 0.737. The number of nitrogens with zero attached hydrogens (tertiary/aromatic N) is 2. The fourth-order valence-electron chi connectivity index (χ4n) is 2.02. The van der Waals surface area contributed by atoms with Gasteiger partial charge < -0.3 is 9.84 Å². The lowest BCUT2D eigenvalue weighted by molar-refractivity contribution is 0.400. The third-order valence-corrected chi connectivity index (χ3v) is 4.63. The number of anilines is 3. The minimum atomic E-state index is -3.64. The van der Waals surface area contributed by atoms with E-state index in [1.165, 1.54) is 6.20 Å². The Morgan fingerprint density at radius 1 is 1.00 bits per heavy atom. The van der Waals surface area contributed by atoms with Gasteiger partial charge in [-0.25, -0.2) is 13.4 Å². The summed E-state index contributed by atoms with van der Waals surface area (Å²) in [4.78, 5) is 4.36. The Bertz CT molecular complexity index is 932. The molecule has 124 valence electrons. The summed E-state index contributed by atoms with van der Waals surface area (Å²) in [6.45, 7) is 3.68. The van der Waals surface area contributed by atoms with Crippen molar-refractivity contribution in [2.24, 2.45) is 0 Å². The van der Waals surface area contributed by atoms with Gasteiger partial charge in [0, 0.05) is 6.07 Å². The fourth-order valence-corrected chi connectivity index (χ4v) is 3.06. The van der Waals surface area contributed by atoms with E-state index in [1.54, 1.807) is 49.4 Å². The maximum absolute atomic E-state index is 12.3. The van der Waals surface area contributed by atoms with E-state index >= 15 is 0 Å². The first-order valence-electron chi connectivity index (χ1n) is 7.18. The Hall–Kier alpha value is -2.87. The maximum atomic E-state index is 12.3. The van der Waals surface area contributed by atoms with Gasteiger partial charge in [-0.2, -0.15) is 0 Å². The molecule has 1 aromatic carbocycles. The van der Waals surface area contributed by atoms with Crippen LogP contribution in [-0.4, -0.2) is 18.6 Å². The SMILES string of the molecule is Cc1ccc(S(=O)(=O)Nc2ccc(Nc3cc(C)on3)nc2)cc1. The summed E-state index contributed by atoms with van der Waals surface area (Å²) in [5.41, 5.74) is 1.37. The van der Waals surface area contributed by atoms with E-state index in [2.05, 4.69) is 20.2 Å². The van der Waals surface area contributed by atoms with Crippen molar-refractivity contribution in [1.29, 1.82) is 0 Å². The number of hydrogen-bond donors (Lipinski definition) is 2. The van der Waals surface area contributed by atoms with Gasteiger partial charge in [0.25, 0.3) is 10.0 Å². The van der Waals surface area contributed by atoms with Crippen molar-refractivity contribution in [3.63, 3.8) is 0 Å². The normalized spacial score (nSPS) is 11.2. The van der Waals surface area contributed by atoms with E-state index in [0.717, 1.165) is 5.56 Å². The van der Waals surface area contributed by atoms with Crippen LogP contribution in [0.5, 0.6) is 0 Å². The lowest BCUT2D eigenvalue weighted by Crippen LogP contribution is -2.13. The number of aryl methyl sites for hydroxylation is 2. The van der Waals surface area contributed by atoms with Crippen molar-refractivity contribution in [2.75, 3.05) is 10.0 Å². The monoisotopic (exact) mass is 344 g/mol. The Kier molecular flexibility index (Phi) is 4.22. The number of pyridine rings is 1. The van der Waals surface area contributed by atoms with Gasteiger partial charge in [-0.05, 0) is 38.1 Å². The second-order valence-corrected chi connectivity index (χ2v) is 6.98. The Balaban J connectivity index is 1.72. The second kappa shape index (κ2) is 6.32. The molecule has 8 heteroatoms. The lowest BCUT2D eigenvalue weighted by Gasteiger charge is -2.09. The number of aromatic nitrogens is 2. The van der Waals surface area contributed by atoms with E-state index in [9.17, 15) is 8.42 Å². The number of rotatable bonds is 5. The first-order valence-corrected chi connectivity index (χ1v) is 8.66. The van der Waals surface area contributed by atoms with Crippen LogP contribution in [0.4, 0.5) is 17.3 Å². The van der Waals surface area contributed by atoms with Crippen LogP contribution in [0, 0.1) is 13.8 Å². The van der Waals surface area contributed by atoms with Crippen molar-refractivity contribution in [1.82, 2.24) is 10.1 Å². The Labute approximate surface area is 139 Å². The van der Waals surface area contributed by atoms with Crippen molar-refractivity contribution in [3.8, 4) is 0 Å². The van der Waals surface area contributed by atoms with Crippen LogP contribution in [0.25, 0.3) is 0 Å². The van der Waals surface area contributed by atoms with Gasteiger partial charge in [0.05, 0.1) is 16.8 Å². The van der Waals surface area contributed by atoms with E-state index < -0.39 is 10.0 Å². The van der Waals surface area contributed by atoms with Crippen LogP contribution >= 0.6 is 0 Å². The zero-order valence-electron chi connectivity index (χ0n) is 13.1. The third kappa shape index (κ3) is 3.72. The van der Waals surface area contributed by atoms with Gasteiger partial charge in [0.2, 0.25) is 0 Å². The van der Waals surface area contributed by atoms with Gasteiger partial charge in [-0.1, -0.05) is 22.9 Å². The average Bonchev–Trinajstić information content (AvgIpc) is 2.94. The molecule has 0 saturated heterocycles. The molecule has 0 aliphatic carbocycles. The third-order valence-electron chi connectivity index (χ3n) is 3.23. The molecule has 3 rings (SSSR count). The van der Waals surface area contributed by atoms with Crippen LogP contribution < -0.4 is 10.0 Å². The molecule has 0 spiro atoms. The van der Waals surface area contributed by atoms with Crippen LogP contribution in [0.15, 0.2) is 58.1 Å². The highest BCUT2D eigenvalue weighted by Crippen LogP contribution is 2.19. The van der Waals surface area contributed by atoms with Crippen LogP contribution in [0.3, 0.4) is 0 Å². The first kappa shape index (κ1) is 16.0. The molecule has 2 aromatic heterocycles. The standard InChI is InChI=1S/C16H16N4O3S/c1-11-3-6-14(7-4-11)24(21,22)20-13-5-8-15(17-10-13)18-16-9-12(2)23-19-16/h3-10,20H,1-2H3,(H,17,18,19). The van der Waals surface area contributed by atoms with Gasteiger partial charge >= 0.3 is 0 Å². The predicted octanol–water partition coefficient (Wildman–Crippen LogP) is 3.23. The van der Waals surface area contributed by atoms with E-state index in [1.807, 2.05) is 6.92 Å². The molecule has 0 bridgehead atoms. The fraction of sp³-hybridized carbons (Fsp3) is 0.125. The molecule has 2 N–H and O–H groups in total. The zero-order chi connectivity index (χ0) is 17.2. The second-order valence-electron chi connectivity index (χ2n) is 5.30. The minimum absolute atomic E-state index is 0.202. The summed E-state index contributed by atoms with van der Waals surface area (Å²) in [5.74, 6) is 1.74. The topological polar surface area (TPSA) is 97.1 Å². The summed E-state index contributed by atoms with van der Waals surface area (Å²) in [7, 11) is -3.64. The molecule has 7 nitrogen and oxygen atoms in total. The van der Waals surface area contributed by atoms with Gasteiger partial charge in [0.15, 0.2) is 5.82 Å². The van der Waals surface area contributed by atoms with E-state index in [4.69, 9.17) is 4.52 Å². The molecule has 0 aliphatic rings. The highest BCUT2D eigenvalue weighted by atomic mass is 32.2. The van der Waals surface area contributed by atoms with Gasteiger partial charge in [0.1, 0.15) is 11.6 Å². The van der Waals surface area contributed by atoms with Crippen molar-refractivity contribution in [3.05, 3.63) is 60.0 Å². The van der Waals surface area contributed by atoms with E-state index in [0.29, 0.717) is 23.1 Å². The molecule has 0 saturated carbocycles. The number of benzene rings is 1. The van der Waals surface area contributed by atoms with Crippen LogP contribution in [0.2, 0.25) is 0 Å². The maximum Gasteiger partial charge on any atom is 0.261 e. The average molecular weight is 344 g/mol. The molecule has 0 amide bonds. The van der Waals surface area contributed by atoms with Crippen LogP contribution in [-0.2, 0) is 10.0 Å². The molecular weight excluding hydrogens is 328 g/mol. The molecule has 0 fully saturated rings. The minimum Gasteiger partial charge on any atom is -0.360 e. The largest absolute Gasteiger partial charge is 0.360 e.